The number of carboxylic acids is 1. The van der Waals surface area contributed by atoms with Gasteiger partial charge in [-0.15, -0.1) is 0 Å². The van der Waals surface area contributed by atoms with E-state index >= 15 is 0 Å². The Labute approximate surface area is 202 Å². The van der Waals surface area contributed by atoms with E-state index in [2.05, 4.69) is 40.3 Å². The molecule has 0 aliphatic heterocycles. The average molecular weight is 457 g/mol. The van der Waals surface area contributed by atoms with E-state index in [1.165, 1.54) is 50.5 Å². The molecule has 0 aromatic rings. The van der Waals surface area contributed by atoms with Crippen molar-refractivity contribution < 1.29 is 15.0 Å². The van der Waals surface area contributed by atoms with Crippen LogP contribution >= 0.6 is 0 Å². The van der Waals surface area contributed by atoms with Crippen molar-refractivity contribution >= 4 is 5.97 Å². The Kier molecular flexibility index (Phi) is 6.04. The van der Waals surface area contributed by atoms with Gasteiger partial charge in [-0.25, -0.2) is 0 Å². The average Bonchev–Trinajstić information content (AvgIpc) is 3.29. The Hall–Kier alpha value is -1.09. The zero-order valence-corrected chi connectivity index (χ0v) is 22.0. The molecule has 4 fully saturated rings. The van der Waals surface area contributed by atoms with E-state index in [1.807, 2.05) is 19.9 Å². The molecule has 186 valence electrons. The van der Waals surface area contributed by atoms with Crippen molar-refractivity contribution in [1.82, 2.24) is 0 Å². The van der Waals surface area contributed by atoms with Gasteiger partial charge in [-0.05, 0) is 124 Å². The van der Waals surface area contributed by atoms with Crippen LogP contribution in [0.2, 0.25) is 0 Å². The van der Waals surface area contributed by atoms with Crippen LogP contribution in [0.4, 0.5) is 0 Å². The summed E-state index contributed by atoms with van der Waals surface area (Å²) in [6.45, 7) is 17.9. The van der Waals surface area contributed by atoms with Crippen LogP contribution in [-0.2, 0) is 4.79 Å². The molecule has 33 heavy (non-hydrogen) atoms. The van der Waals surface area contributed by atoms with Gasteiger partial charge in [-0.2, -0.15) is 0 Å². The van der Waals surface area contributed by atoms with Gasteiger partial charge >= 0.3 is 5.97 Å². The first-order valence-corrected chi connectivity index (χ1v) is 13.5. The van der Waals surface area contributed by atoms with Crippen molar-refractivity contribution in [2.45, 2.75) is 111 Å². The summed E-state index contributed by atoms with van der Waals surface area (Å²) in [7, 11) is 0. The maximum atomic E-state index is 11.6. The first-order chi connectivity index (χ1) is 15.2. The highest BCUT2D eigenvalue weighted by Gasteiger charge is 2.80. The van der Waals surface area contributed by atoms with Gasteiger partial charge in [-0.1, -0.05) is 45.1 Å². The van der Waals surface area contributed by atoms with Gasteiger partial charge in [0.05, 0.1) is 5.60 Å². The van der Waals surface area contributed by atoms with Gasteiger partial charge < -0.3 is 10.2 Å². The molecule has 0 saturated heterocycles. The summed E-state index contributed by atoms with van der Waals surface area (Å²) < 4.78 is 0. The predicted octanol–water partition coefficient (Wildman–Crippen LogP) is 7.40. The lowest BCUT2D eigenvalue weighted by molar-refractivity contribution is -0.139. The molecule has 2 N–H and O–H groups in total. The molecule has 3 heteroatoms. The maximum Gasteiger partial charge on any atom is 0.303 e. The van der Waals surface area contributed by atoms with Crippen LogP contribution in [0.25, 0.3) is 0 Å². The minimum atomic E-state index is -0.738. The topological polar surface area (TPSA) is 57.5 Å². The molecule has 4 aliphatic carbocycles. The molecule has 0 aromatic carbocycles. The number of fused-ring (bicyclic) bond motifs is 2. The van der Waals surface area contributed by atoms with Crippen molar-refractivity contribution in [1.29, 1.82) is 0 Å². The molecule has 0 bridgehead atoms. The number of allylic oxidation sites excluding steroid dienone is 2. The fourth-order valence-corrected chi connectivity index (χ4v) is 10.0. The van der Waals surface area contributed by atoms with E-state index in [9.17, 15) is 15.0 Å². The van der Waals surface area contributed by atoms with Gasteiger partial charge in [0, 0.05) is 6.42 Å². The lowest BCUT2D eigenvalue weighted by Gasteiger charge is -2.61. The van der Waals surface area contributed by atoms with Crippen molar-refractivity contribution in [3.05, 3.63) is 24.3 Å². The second-order valence-electron chi connectivity index (χ2n) is 13.7. The van der Waals surface area contributed by atoms with Crippen molar-refractivity contribution in [3.63, 3.8) is 0 Å². The smallest absolute Gasteiger partial charge is 0.303 e. The zero-order valence-electron chi connectivity index (χ0n) is 22.0. The minimum absolute atomic E-state index is 0.184. The summed E-state index contributed by atoms with van der Waals surface area (Å²) in [5.41, 5.74) is 1.77. The van der Waals surface area contributed by atoms with Crippen LogP contribution in [0.5, 0.6) is 0 Å². The number of carboxylic acid groups (broad SMARTS) is 1. The molecular formula is C30H48O3. The van der Waals surface area contributed by atoms with Crippen LogP contribution in [0, 0.1) is 45.3 Å². The molecule has 3 nitrogen and oxygen atoms in total. The molecule has 0 unspecified atom stereocenters. The second kappa shape index (κ2) is 7.97. The number of carbonyl (C=O) groups is 1. The van der Waals surface area contributed by atoms with Gasteiger partial charge in [-0.3, -0.25) is 4.79 Å². The first-order valence-electron chi connectivity index (χ1n) is 13.5. The fourth-order valence-electron chi connectivity index (χ4n) is 10.0. The molecule has 1 spiro atoms. The monoisotopic (exact) mass is 456 g/mol. The quantitative estimate of drug-likeness (QED) is 0.374. The summed E-state index contributed by atoms with van der Waals surface area (Å²) in [6, 6.07) is 0. The first kappa shape index (κ1) is 25.0. The second-order valence-corrected chi connectivity index (χ2v) is 13.7. The molecule has 4 rings (SSSR count). The third-order valence-corrected chi connectivity index (χ3v) is 11.6. The third-order valence-electron chi connectivity index (χ3n) is 11.6. The Morgan fingerprint density at radius 2 is 1.85 bits per heavy atom. The molecule has 4 saturated carbocycles. The van der Waals surface area contributed by atoms with Crippen LogP contribution in [0.3, 0.4) is 0 Å². The van der Waals surface area contributed by atoms with Crippen LogP contribution < -0.4 is 0 Å². The molecule has 0 aromatic heterocycles. The highest BCUT2D eigenvalue weighted by atomic mass is 16.4. The van der Waals surface area contributed by atoms with Crippen LogP contribution in [-0.4, -0.2) is 21.8 Å². The van der Waals surface area contributed by atoms with Gasteiger partial charge in [0.2, 0.25) is 0 Å². The summed E-state index contributed by atoms with van der Waals surface area (Å²) in [6.07, 6.45) is 15.2. The molecule has 0 radical (unpaired) electrons. The zero-order chi connectivity index (χ0) is 24.4. The highest BCUT2D eigenvalue weighted by Crippen LogP contribution is 2.87. The largest absolute Gasteiger partial charge is 0.481 e. The SMILES string of the molecule is C=C(C)[C@H]1CC[C@H]2[C@@]3(CC[C@@]4(C)[C@H]([C@@H](C)CC=CC(C)(C)O)CC[C@]24C)C[C@@]13CCC(=O)O. The van der Waals surface area contributed by atoms with Crippen molar-refractivity contribution in [2.24, 2.45) is 45.3 Å². The summed E-state index contributed by atoms with van der Waals surface area (Å²) in [5, 5.41) is 19.6. The van der Waals surface area contributed by atoms with E-state index in [4.69, 9.17) is 0 Å². The van der Waals surface area contributed by atoms with E-state index in [1.54, 1.807) is 0 Å². The fraction of sp³-hybridized carbons (Fsp3) is 0.833. The Morgan fingerprint density at radius 3 is 2.45 bits per heavy atom. The number of aliphatic carboxylic acids is 1. The maximum absolute atomic E-state index is 11.6. The predicted molar refractivity (Wildman–Crippen MR) is 135 cm³/mol. The van der Waals surface area contributed by atoms with E-state index in [0.717, 1.165) is 24.7 Å². The Morgan fingerprint density at radius 1 is 1.15 bits per heavy atom. The van der Waals surface area contributed by atoms with Crippen molar-refractivity contribution in [2.75, 3.05) is 0 Å². The van der Waals surface area contributed by atoms with E-state index in [-0.39, 0.29) is 5.41 Å². The molecular weight excluding hydrogens is 408 g/mol. The lowest BCUT2D eigenvalue weighted by atomic mass is 9.43. The molecule has 8 atom stereocenters. The van der Waals surface area contributed by atoms with Gasteiger partial charge in [0.15, 0.2) is 0 Å². The Bertz CT molecular complexity index is 836. The normalized spacial score (nSPS) is 45.2. The number of hydrogen-bond donors (Lipinski definition) is 2. The molecule has 4 aliphatic rings. The van der Waals surface area contributed by atoms with Gasteiger partial charge in [0.1, 0.15) is 0 Å². The molecule has 0 heterocycles. The van der Waals surface area contributed by atoms with E-state index in [0.29, 0.717) is 34.5 Å². The van der Waals surface area contributed by atoms with Gasteiger partial charge in [0.25, 0.3) is 0 Å². The number of aliphatic hydroxyl groups is 1. The number of hydrogen-bond acceptors (Lipinski definition) is 2. The summed E-state index contributed by atoms with van der Waals surface area (Å²) in [4.78, 5) is 11.6. The van der Waals surface area contributed by atoms with E-state index < -0.39 is 11.6 Å². The third kappa shape index (κ3) is 3.67. The standard InChI is InChI=1S/C30H48O3/c1-20(2)22-10-11-24-28(7)15-12-23(21(3)9-8-14-26(4,5)33)27(28,6)17-18-30(24)19-29(22,30)16-13-25(31)32/h8,14,21-24,33H,1,9-13,15-19H2,2-7H3,(H,31,32)/t21-,22+,23-,24+,27-,28+,29-,30+/m0/s1. The summed E-state index contributed by atoms with van der Waals surface area (Å²) in [5.74, 6) is 1.92. The summed E-state index contributed by atoms with van der Waals surface area (Å²) >= 11 is 0. The highest BCUT2D eigenvalue weighted by molar-refractivity contribution is 5.67. The Balaban J connectivity index is 1.59. The van der Waals surface area contributed by atoms with Crippen molar-refractivity contribution in [3.8, 4) is 0 Å². The molecule has 0 amide bonds. The minimum Gasteiger partial charge on any atom is -0.481 e. The number of rotatable bonds is 8. The van der Waals surface area contributed by atoms with Crippen LogP contribution in [0.1, 0.15) is 106 Å². The van der Waals surface area contributed by atoms with Crippen LogP contribution in [0.15, 0.2) is 24.3 Å². The lowest BCUT2D eigenvalue weighted by Crippen LogP contribution is -2.54.